The summed E-state index contributed by atoms with van der Waals surface area (Å²) in [4.78, 5) is 22.4. The molecule has 1 aromatic carbocycles. The first kappa shape index (κ1) is 15.4. The summed E-state index contributed by atoms with van der Waals surface area (Å²) in [6, 6.07) is 6.49. The summed E-state index contributed by atoms with van der Waals surface area (Å²) < 4.78 is 5.32. The number of hydrogen-bond acceptors (Lipinski definition) is 3. The van der Waals surface area contributed by atoms with Crippen molar-refractivity contribution in [3.8, 4) is 0 Å². The Hall–Kier alpha value is -1.64. The van der Waals surface area contributed by atoms with Crippen molar-refractivity contribution in [3.63, 3.8) is 0 Å². The van der Waals surface area contributed by atoms with E-state index in [2.05, 4.69) is 13.8 Å². The molecule has 1 rings (SSSR count). The molecule has 0 aliphatic carbocycles. The Kier molecular flexibility index (Phi) is 6.86. The fourth-order valence-electron chi connectivity index (χ4n) is 1.87. The molecule has 0 bridgehead atoms. The topological polar surface area (TPSA) is 43.4 Å². The summed E-state index contributed by atoms with van der Waals surface area (Å²) >= 11 is 0. The molecule has 3 heteroatoms. The molecule has 0 fully saturated rings. The van der Waals surface area contributed by atoms with Crippen LogP contribution in [0.4, 0.5) is 0 Å². The van der Waals surface area contributed by atoms with Crippen LogP contribution in [0.2, 0.25) is 0 Å². The van der Waals surface area contributed by atoms with E-state index in [0.717, 1.165) is 25.5 Å². The van der Waals surface area contributed by atoms with E-state index in [1.54, 1.807) is 24.3 Å². The number of unbranched alkanes of at least 4 members (excludes halogenated alkanes) is 1. The van der Waals surface area contributed by atoms with Crippen LogP contribution in [0.15, 0.2) is 24.3 Å². The van der Waals surface area contributed by atoms with E-state index in [-0.39, 0.29) is 5.97 Å². The van der Waals surface area contributed by atoms with Crippen molar-refractivity contribution in [2.45, 2.75) is 39.5 Å². The van der Waals surface area contributed by atoms with Crippen molar-refractivity contribution in [1.29, 1.82) is 0 Å². The lowest BCUT2D eigenvalue weighted by molar-refractivity contribution is 0.0428. The van der Waals surface area contributed by atoms with Gasteiger partial charge in [0.05, 0.1) is 12.2 Å². The minimum atomic E-state index is -0.313. The fraction of sp³-hybridized carbons (Fsp3) is 0.500. The molecule has 104 valence electrons. The van der Waals surface area contributed by atoms with Crippen molar-refractivity contribution >= 4 is 12.3 Å². The second kappa shape index (κ2) is 8.46. The quantitative estimate of drug-likeness (QED) is 0.527. The predicted octanol–water partition coefficient (Wildman–Crippen LogP) is 3.87. The summed E-state index contributed by atoms with van der Waals surface area (Å²) in [5, 5.41) is 0. The molecule has 0 aliphatic rings. The monoisotopic (exact) mass is 262 g/mol. The number of aldehydes is 1. The van der Waals surface area contributed by atoms with Gasteiger partial charge in [-0.25, -0.2) is 4.79 Å². The smallest absolute Gasteiger partial charge is 0.338 e. The maximum atomic E-state index is 11.8. The van der Waals surface area contributed by atoms with E-state index >= 15 is 0 Å². The summed E-state index contributed by atoms with van der Waals surface area (Å²) in [6.07, 6.45) is 5.22. The van der Waals surface area contributed by atoms with Crippen molar-refractivity contribution < 1.29 is 14.3 Å². The van der Waals surface area contributed by atoms with Crippen LogP contribution in [0.1, 0.15) is 60.2 Å². The number of rotatable bonds is 8. The van der Waals surface area contributed by atoms with Crippen LogP contribution in [0.5, 0.6) is 0 Å². The Morgan fingerprint density at radius 2 is 1.95 bits per heavy atom. The Labute approximate surface area is 115 Å². The van der Waals surface area contributed by atoms with Gasteiger partial charge in [-0.2, -0.15) is 0 Å². The van der Waals surface area contributed by atoms with Crippen LogP contribution in [-0.2, 0) is 4.74 Å². The van der Waals surface area contributed by atoms with E-state index in [9.17, 15) is 9.59 Å². The third-order valence-electron chi connectivity index (χ3n) is 3.28. The lowest BCUT2D eigenvalue weighted by atomic mass is 10.0. The molecule has 1 unspecified atom stereocenters. The fourth-order valence-corrected chi connectivity index (χ4v) is 1.87. The first-order valence-electron chi connectivity index (χ1n) is 6.93. The van der Waals surface area contributed by atoms with Crippen LogP contribution in [-0.4, -0.2) is 18.9 Å². The molecule has 0 saturated carbocycles. The van der Waals surface area contributed by atoms with Crippen LogP contribution in [0.25, 0.3) is 0 Å². The van der Waals surface area contributed by atoms with E-state index in [1.807, 2.05) is 0 Å². The van der Waals surface area contributed by atoms with Gasteiger partial charge >= 0.3 is 5.97 Å². The summed E-state index contributed by atoms with van der Waals surface area (Å²) in [5.74, 6) is 0.130. The summed E-state index contributed by atoms with van der Waals surface area (Å²) in [5.41, 5.74) is 1.06. The molecular weight excluding hydrogens is 240 g/mol. The molecule has 1 aromatic rings. The number of esters is 1. The highest BCUT2D eigenvalue weighted by Gasteiger charge is 2.11. The average molecular weight is 262 g/mol. The first-order valence-corrected chi connectivity index (χ1v) is 6.93. The van der Waals surface area contributed by atoms with Gasteiger partial charge in [0, 0.05) is 5.56 Å². The van der Waals surface area contributed by atoms with Gasteiger partial charge in [0.15, 0.2) is 0 Å². The maximum absolute atomic E-state index is 11.8. The van der Waals surface area contributed by atoms with Crippen LogP contribution < -0.4 is 0 Å². The number of hydrogen-bond donors (Lipinski definition) is 0. The van der Waals surface area contributed by atoms with E-state index in [1.165, 1.54) is 6.42 Å². The Morgan fingerprint density at radius 1 is 1.26 bits per heavy atom. The van der Waals surface area contributed by atoms with Crippen LogP contribution in [0, 0.1) is 5.92 Å². The van der Waals surface area contributed by atoms with Gasteiger partial charge in [-0.1, -0.05) is 45.2 Å². The van der Waals surface area contributed by atoms with Gasteiger partial charge in [-0.3, -0.25) is 4.79 Å². The van der Waals surface area contributed by atoms with Crippen LogP contribution in [0.3, 0.4) is 0 Å². The molecule has 0 saturated heterocycles. The maximum Gasteiger partial charge on any atom is 0.338 e. The van der Waals surface area contributed by atoms with E-state index in [4.69, 9.17) is 4.74 Å². The highest BCUT2D eigenvalue weighted by Crippen LogP contribution is 2.14. The highest BCUT2D eigenvalue weighted by molar-refractivity contribution is 5.90. The van der Waals surface area contributed by atoms with Crippen molar-refractivity contribution in [3.05, 3.63) is 35.4 Å². The Bertz CT molecular complexity index is 395. The standard InChI is InChI=1S/C16H22O3/c1-3-5-6-13(4-2)12-19-16(18)15-9-7-14(11-17)8-10-15/h7-11,13H,3-6,12H2,1-2H3. The molecule has 19 heavy (non-hydrogen) atoms. The first-order chi connectivity index (χ1) is 9.21. The molecule has 0 amide bonds. The average Bonchev–Trinajstić information content (AvgIpc) is 2.47. The second-order valence-electron chi connectivity index (χ2n) is 4.75. The number of carbonyl (C=O) groups excluding carboxylic acids is 2. The molecule has 0 heterocycles. The third-order valence-corrected chi connectivity index (χ3v) is 3.28. The van der Waals surface area contributed by atoms with Crippen LogP contribution >= 0.6 is 0 Å². The minimum absolute atomic E-state index is 0.313. The zero-order valence-corrected chi connectivity index (χ0v) is 11.7. The zero-order chi connectivity index (χ0) is 14.1. The van der Waals surface area contributed by atoms with E-state index < -0.39 is 0 Å². The molecule has 0 spiro atoms. The zero-order valence-electron chi connectivity index (χ0n) is 11.7. The van der Waals surface area contributed by atoms with Gasteiger partial charge in [0.1, 0.15) is 6.29 Å². The SMILES string of the molecule is CCCCC(CC)COC(=O)c1ccc(C=O)cc1. The summed E-state index contributed by atoms with van der Waals surface area (Å²) in [7, 11) is 0. The molecule has 0 radical (unpaired) electrons. The van der Waals surface area contributed by atoms with Crippen molar-refractivity contribution in [2.75, 3.05) is 6.61 Å². The highest BCUT2D eigenvalue weighted by atomic mass is 16.5. The normalized spacial score (nSPS) is 11.9. The number of ether oxygens (including phenoxy) is 1. The lowest BCUT2D eigenvalue weighted by Gasteiger charge is -2.14. The van der Waals surface area contributed by atoms with Crippen molar-refractivity contribution in [2.24, 2.45) is 5.92 Å². The Balaban J connectivity index is 2.46. The Morgan fingerprint density at radius 3 is 2.47 bits per heavy atom. The largest absolute Gasteiger partial charge is 0.462 e. The molecule has 1 atom stereocenters. The third kappa shape index (κ3) is 5.25. The molecule has 3 nitrogen and oxygen atoms in total. The van der Waals surface area contributed by atoms with Gasteiger partial charge in [-0.15, -0.1) is 0 Å². The molecule has 0 aromatic heterocycles. The predicted molar refractivity (Wildman–Crippen MR) is 75.4 cm³/mol. The molecular formula is C16H22O3. The van der Waals surface area contributed by atoms with Crippen molar-refractivity contribution in [1.82, 2.24) is 0 Å². The summed E-state index contributed by atoms with van der Waals surface area (Å²) in [6.45, 7) is 4.76. The minimum Gasteiger partial charge on any atom is -0.462 e. The number of carbonyl (C=O) groups is 2. The number of benzene rings is 1. The van der Waals surface area contributed by atoms with Gasteiger partial charge in [-0.05, 0) is 24.5 Å². The lowest BCUT2D eigenvalue weighted by Crippen LogP contribution is -2.14. The second-order valence-corrected chi connectivity index (χ2v) is 4.75. The molecule has 0 N–H and O–H groups in total. The van der Waals surface area contributed by atoms with Gasteiger partial charge in [0.2, 0.25) is 0 Å². The van der Waals surface area contributed by atoms with Gasteiger partial charge in [0.25, 0.3) is 0 Å². The molecule has 0 aliphatic heterocycles. The van der Waals surface area contributed by atoms with E-state index in [0.29, 0.717) is 23.7 Å². The van der Waals surface area contributed by atoms with Gasteiger partial charge < -0.3 is 4.74 Å².